The molecule has 1 unspecified atom stereocenters. The fourth-order valence-corrected chi connectivity index (χ4v) is 1.09. The number of benzene rings is 1. The van der Waals surface area contributed by atoms with Gasteiger partial charge in [-0.15, -0.1) is 12.4 Å². The summed E-state index contributed by atoms with van der Waals surface area (Å²) in [5.74, 6) is 0.870. The van der Waals surface area contributed by atoms with Crippen molar-refractivity contribution in [1.29, 1.82) is 0 Å². The minimum absolute atomic E-state index is 0. The van der Waals surface area contributed by atoms with Gasteiger partial charge >= 0.3 is 0 Å². The predicted molar refractivity (Wildman–Crippen MR) is 70.4 cm³/mol. The second kappa shape index (κ2) is 8.84. The Hall–Kier alpha value is -1.26. The molecular weight excluding hydrogens is 240 g/mol. The molecule has 0 radical (unpaired) electrons. The first-order valence-corrected chi connectivity index (χ1v) is 5.37. The van der Waals surface area contributed by atoms with Gasteiger partial charge in [-0.3, -0.25) is 4.79 Å². The van der Waals surface area contributed by atoms with E-state index >= 15 is 0 Å². The van der Waals surface area contributed by atoms with Crippen molar-refractivity contribution in [1.82, 2.24) is 5.32 Å². The van der Waals surface area contributed by atoms with Crippen LogP contribution in [0, 0.1) is 5.92 Å². The van der Waals surface area contributed by atoms with E-state index in [4.69, 9.17) is 10.5 Å². The summed E-state index contributed by atoms with van der Waals surface area (Å²) >= 11 is 0. The number of amides is 1. The summed E-state index contributed by atoms with van der Waals surface area (Å²) in [6.07, 6.45) is 0. The molecule has 1 aromatic carbocycles. The Kier molecular flexibility index (Phi) is 8.19. The molecule has 1 atom stereocenters. The minimum atomic E-state index is -0.121. The number of carbonyl (C=O) groups is 1. The van der Waals surface area contributed by atoms with Gasteiger partial charge in [-0.25, -0.2) is 0 Å². The van der Waals surface area contributed by atoms with E-state index in [1.54, 1.807) is 0 Å². The number of rotatable bonds is 6. The van der Waals surface area contributed by atoms with Gasteiger partial charge in [0.05, 0.1) is 0 Å². The van der Waals surface area contributed by atoms with Crippen LogP contribution in [0.3, 0.4) is 0 Å². The van der Waals surface area contributed by atoms with Crippen LogP contribution >= 0.6 is 12.4 Å². The van der Waals surface area contributed by atoms with E-state index in [-0.39, 0.29) is 24.9 Å². The zero-order valence-electron chi connectivity index (χ0n) is 9.89. The smallest absolute Gasteiger partial charge is 0.257 e. The summed E-state index contributed by atoms with van der Waals surface area (Å²) < 4.78 is 5.29. The van der Waals surface area contributed by atoms with Crippen molar-refractivity contribution < 1.29 is 9.53 Å². The summed E-state index contributed by atoms with van der Waals surface area (Å²) in [6.45, 7) is 3.19. The highest BCUT2D eigenvalue weighted by Crippen LogP contribution is 2.07. The number of hydrogen-bond donors (Lipinski definition) is 2. The molecule has 3 N–H and O–H groups in total. The molecule has 5 heteroatoms. The third-order valence-corrected chi connectivity index (χ3v) is 2.16. The number of halogens is 1. The Bertz CT molecular complexity index is 320. The molecule has 0 aliphatic rings. The Morgan fingerprint density at radius 1 is 1.41 bits per heavy atom. The highest BCUT2D eigenvalue weighted by atomic mass is 35.5. The highest BCUT2D eigenvalue weighted by molar-refractivity contribution is 5.85. The van der Waals surface area contributed by atoms with E-state index < -0.39 is 0 Å². The van der Waals surface area contributed by atoms with Gasteiger partial charge < -0.3 is 15.8 Å². The molecule has 0 aliphatic carbocycles. The molecule has 0 spiro atoms. The average Bonchev–Trinajstić information content (AvgIpc) is 2.34. The van der Waals surface area contributed by atoms with Crippen molar-refractivity contribution in [2.75, 3.05) is 19.7 Å². The monoisotopic (exact) mass is 258 g/mol. The van der Waals surface area contributed by atoms with Crippen molar-refractivity contribution in [2.24, 2.45) is 11.7 Å². The molecule has 0 heterocycles. The first-order chi connectivity index (χ1) is 7.72. The molecule has 0 bridgehead atoms. The van der Waals surface area contributed by atoms with Crippen LogP contribution in [0.4, 0.5) is 0 Å². The SMILES string of the molecule is CC(CN)CNC(=O)COc1ccccc1.Cl. The van der Waals surface area contributed by atoms with Crippen LogP contribution in [0.5, 0.6) is 5.75 Å². The van der Waals surface area contributed by atoms with Gasteiger partial charge in [0.2, 0.25) is 0 Å². The number of nitrogens with one attached hydrogen (secondary N) is 1. The first kappa shape index (κ1) is 15.7. The zero-order chi connectivity index (χ0) is 11.8. The van der Waals surface area contributed by atoms with Crippen LogP contribution in [0.15, 0.2) is 30.3 Å². The van der Waals surface area contributed by atoms with E-state index in [9.17, 15) is 4.79 Å². The van der Waals surface area contributed by atoms with Crippen molar-refractivity contribution in [3.8, 4) is 5.75 Å². The van der Waals surface area contributed by atoms with Crippen LogP contribution in [-0.2, 0) is 4.79 Å². The lowest BCUT2D eigenvalue weighted by atomic mass is 10.2. The molecule has 1 aromatic rings. The molecule has 0 fully saturated rings. The lowest BCUT2D eigenvalue weighted by Gasteiger charge is -2.10. The molecule has 0 saturated heterocycles. The summed E-state index contributed by atoms with van der Waals surface area (Å²) in [4.78, 5) is 11.4. The normalized spacial score (nSPS) is 11.2. The van der Waals surface area contributed by atoms with E-state index in [0.29, 0.717) is 24.8 Å². The second-order valence-electron chi connectivity index (χ2n) is 3.75. The van der Waals surface area contributed by atoms with Crippen molar-refractivity contribution in [2.45, 2.75) is 6.92 Å². The van der Waals surface area contributed by atoms with Crippen molar-refractivity contribution in [3.63, 3.8) is 0 Å². The zero-order valence-corrected chi connectivity index (χ0v) is 10.7. The Morgan fingerprint density at radius 2 is 2.06 bits per heavy atom. The molecule has 4 nitrogen and oxygen atoms in total. The molecule has 1 rings (SSSR count). The van der Waals surface area contributed by atoms with Crippen molar-refractivity contribution in [3.05, 3.63) is 30.3 Å². The van der Waals surface area contributed by atoms with E-state index in [1.807, 2.05) is 37.3 Å². The summed E-state index contributed by atoms with van der Waals surface area (Å²) in [6, 6.07) is 9.26. The highest BCUT2D eigenvalue weighted by Gasteiger charge is 2.04. The van der Waals surface area contributed by atoms with Gasteiger partial charge in [0, 0.05) is 6.54 Å². The molecule has 0 aliphatic heterocycles. The average molecular weight is 259 g/mol. The first-order valence-electron chi connectivity index (χ1n) is 5.37. The minimum Gasteiger partial charge on any atom is -0.484 e. The maximum Gasteiger partial charge on any atom is 0.257 e. The molecule has 0 aromatic heterocycles. The molecule has 17 heavy (non-hydrogen) atoms. The largest absolute Gasteiger partial charge is 0.484 e. The van der Waals surface area contributed by atoms with Crippen LogP contribution in [0.2, 0.25) is 0 Å². The summed E-state index contributed by atoms with van der Waals surface area (Å²) in [5, 5.41) is 2.76. The van der Waals surface area contributed by atoms with Gasteiger partial charge in [-0.1, -0.05) is 25.1 Å². The van der Waals surface area contributed by atoms with Gasteiger partial charge in [0.15, 0.2) is 6.61 Å². The summed E-state index contributed by atoms with van der Waals surface area (Å²) in [7, 11) is 0. The standard InChI is InChI=1S/C12H18N2O2.ClH/c1-10(7-13)8-14-12(15)9-16-11-5-3-2-4-6-11;/h2-6,10H,7-9,13H2,1H3,(H,14,15);1H. The van der Waals surface area contributed by atoms with Gasteiger partial charge in [0.1, 0.15) is 5.75 Å². The fraction of sp³-hybridized carbons (Fsp3) is 0.417. The van der Waals surface area contributed by atoms with Crippen LogP contribution < -0.4 is 15.8 Å². The Balaban J connectivity index is 0.00000256. The Labute approximate surface area is 108 Å². The summed E-state index contributed by atoms with van der Waals surface area (Å²) in [5.41, 5.74) is 5.44. The number of para-hydroxylation sites is 1. The van der Waals surface area contributed by atoms with E-state index in [1.165, 1.54) is 0 Å². The second-order valence-corrected chi connectivity index (χ2v) is 3.75. The van der Waals surface area contributed by atoms with E-state index in [0.717, 1.165) is 0 Å². The predicted octanol–water partition coefficient (Wildman–Crippen LogP) is 1.20. The number of carbonyl (C=O) groups excluding carboxylic acids is 1. The lowest BCUT2D eigenvalue weighted by Crippen LogP contribution is -2.34. The molecule has 96 valence electrons. The van der Waals surface area contributed by atoms with Crippen LogP contribution in [0.25, 0.3) is 0 Å². The quantitative estimate of drug-likeness (QED) is 0.806. The lowest BCUT2D eigenvalue weighted by molar-refractivity contribution is -0.123. The van der Waals surface area contributed by atoms with Crippen LogP contribution in [-0.4, -0.2) is 25.6 Å². The van der Waals surface area contributed by atoms with Gasteiger partial charge in [-0.05, 0) is 24.6 Å². The number of hydrogen-bond acceptors (Lipinski definition) is 3. The van der Waals surface area contributed by atoms with Gasteiger partial charge in [-0.2, -0.15) is 0 Å². The Morgan fingerprint density at radius 3 is 2.65 bits per heavy atom. The topological polar surface area (TPSA) is 64.3 Å². The molecule has 1 amide bonds. The van der Waals surface area contributed by atoms with Crippen molar-refractivity contribution >= 4 is 18.3 Å². The number of nitrogens with two attached hydrogens (primary N) is 1. The van der Waals surface area contributed by atoms with Crippen LogP contribution in [0.1, 0.15) is 6.92 Å². The maximum atomic E-state index is 11.4. The number of ether oxygens (including phenoxy) is 1. The maximum absolute atomic E-state index is 11.4. The van der Waals surface area contributed by atoms with E-state index in [2.05, 4.69) is 5.32 Å². The fourth-order valence-electron chi connectivity index (χ4n) is 1.09. The third kappa shape index (κ3) is 6.81. The third-order valence-electron chi connectivity index (χ3n) is 2.16. The van der Waals surface area contributed by atoms with Gasteiger partial charge in [0.25, 0.3) is 5.91 Å². The molecular formula is C12H19ClN2O2. The molecule has 0 saturated carbocycles.